The molecule has 1 atom stereocenters. The van der Waals surface area contributed by atoms with Crippen LogP contribution in [0.1, 0.15) is 11.1 Å². The quantitative estimate of drug-likeness (QED) is 0.591. The topological polar surface area (TPSA) is 72.3 Å². The second-order valence-electron chi connectivity index (χ2n) is 5.69. The summed E-state index contributed by atoms with van der Waals surface area (Å²) in [5.74, 6) is 1.17. The van der Waals surface area contributed by atoms with Crippen LogP contribution >= 0.6 is 23.4 Å². The van der Waals surface area contributed by atoms with E-state index in [4.69, 9.17) is 21.1 Å². The van der Waals surface area contributed by atoms with Crippen molar-refractivity contribution in [3.05, 3.63) is 58.6 Å². The number of amidine groups is 1. The summed E-state index contributed by atoms with van der Waals surface area (Å²) in [6.45, 7) is 0. The average molecular weight is 404 g/mol. The fraction of sp³-hybridized carbons (Fsp3) is 0.211. The number of ether oxygens (including phenoxy) is 2. The Labute approximate surface area is 166 Å². The number of thioether (sulfide) groups is 1. The average Bonchev–Trinajstić information content (AvgIpc) is 3.01. The molecule has 0 aromatic heterocycles. The summed E-state index contributed by atoms with van der Waals surface area (Å²) < 4.78 is 10.5. The van der Waals surface area contributed by atoms with Gasteiger partial charge in [0.2, 0.25) is 5.91 Å². The molecule has 0 bridgehead atoms. The van der Waals surface area contributed by atoms with E-state index in [2.05, 4.69) is 15.5 Å². The van der Waals surface area contributed by atoms with Crippen molar-refractivity contribution in [1.29, 1.82) is 0 Å². The number of carbonyl (C=O) groups is 1. The Morgan fingerprint density at radius 3 is 2.74 bits per heavy atom. The first kappa shape index (κ1) is 19.3. The highest BCUT2D eigenvalue weighted by Crippen LogP contribution is 2.27. The van der Waals surface area contributed by atoms with Gasteiger partial charge in [0.1, 0.15) is 0 Å². The molecule has 1 fully saturated rings. The van der Waals surface area contributed by atoms with E-state index in [1.807, 2.05) is 30.3 Å². The molecule has 27 heavy (non-hydrogen) atoms. The Morgan fingerprint density at radius 2 is 2.00 bits per heavy atom. The van der Waals surface area contributed by atoms with Gasteiger partial charge in [0.15, 0.2) is 16.7 Å². The summed E-state index contributed by atoms with van der Waals surface area (Å²) in [7, 11) is 3.15. The lowest BCUT2D eigenvalue weighted by molar-refractivity contribution is -0.118. The van der Waals surface area contributed by atoms with Gasteiger partial charge in [-0.25, -0.2) is 0 Å². The van der Waals surface area contributed by atoms with Crippen LogP contribution in [0.3, 0.4) is 0 Å². The molecule has 1 aliphatic rings. The largest absolute Gasteiger partial charge is 0.493 e. The molecule has 1 aliphatic heterocycles. The summed E-state index contributed by atoms with van der Waals surface area (Å²) in [6.07, 6.45) is 2.17. The summed E-state index contributed by atoms with van der Waals surface area (Å²) in [4.78, 5) is 12.1. The first-order valence-electron chi connectivity index (χ1n) is 8.14. The molecule has 0 spiro atoms. The van der Waals surface area contributed by atoms with Gasteiger partial charge >= 0.3 is 0 Å². The number of carbonyl (C=O) groups excluding carboxylic acids is 1. The zero-order valence-corrected chi connectivity index (χ0v) is 16.4. The Balaban J connectivity index is 1.64. The summed E-state index contributed by atoms with van der Waals surface area (Å²) >= 11 is 7.35. The van der Waals surface area contributed by atoms with Gasteiger partial charge in [-0.2, -0.15) is 5.10 Å². The van der Waals surface area contributed by atoms with Crippen molar-refractivity contribution in [2.75, 3.05) is 14.2 Å². The third-order valence-electron chi connectivity index (χ3n) is 3.85. The molecule has 0 radical (unpaired) electrons. The maximum atomic E-state index is 12.1. The van der Waals surface area contributed by atoms with Crippen molar-refractivity contribution in [2.45, 2.75) is 11.7 Å². The number of hydrogen-bond acceptors (Lipinski definition) is 6. The highest BCUT2D eigenvalue weighted by atomic mass is 35.5. The second kappa shape index (κ2) is 8.92. The predicted molar refractivity (Wildman–Crippen MR) is 109 cm³/mol. The Bertz CT molecular complexity index is 902. The number of halogens is 1. The van der Waals surface area contributed by atoms with E-state index in [1.165, 1.54) is 11.8 Å². The van der Waals surface area contributed by atoms with Crippen LogP contribution in [0.4, 0.5) is 0 Å². The normalized spacial score (nSPS) is 18.1. The van der Waals surface area contributed by atoms with Crippen LogP contribution in [0.5, 0.6) is 11.5 Å². The van der Waals surface area contributed by atoms with Crippen LogP contribution in [0, 0.1) is 0 Å². The van der Waals surface area contributed by atoms with Gasteiger partial charge in [-0.15, -0.1) is 5.10 Å². The van der Waals surface area contributed by atoms with Gasteiger partial charge in [-0.1, -0.05) is 35.5 Å². The van der Waals surface area contributed by atoms with E-state index in [0.717, 1.165) is 11.1 Å². The molecule has 2 aromatic carbocycles. The Hall–Kier alpha value is -2.51. The summed E-state index contributed by atoms with van der Waals surface area (Å²) in [5.41, 5.74) is 1.81. The molecule has 2 aromatic rings. The number of benzene rings is 2. The summed E-state index contributed by atoms with van der Waals surface area (Å²) in [6, 6.07) is 12.9. The molecule has 3 rings (SSSR count). The van der Waals surface area contributed by atoms with E-state index in [-0.39, 0.29) is 11.2 Å². The monoisotopic (exact) mass is 403 g/mol. The predicted octanol–water partition coefficient (Wildman–Crippen LogP) is 3.52. The minimum atomic E-state index is -0.251. The lowest BCUT2D eigenvalue weighted by atomic mass is 10.1. The van der Waals surface area contributed by atoms with Crippen molar-refractivity contribution in [1.82, 2.24) is 5.32 Å². The first-order chi connectivity index (χ1) is 13.1. The van der Waals surface area contributed by atoms with E-state index < -0.39 is 0 Å². The lowest BCUT2D eigenvalue weighted by Gasteiger charge is -2.07. The van der Waals surface area contributed by atoms with Crippen LogP contribution in [0.15, 0.2) is 52.7 Å². The molecular formula is C19H18ClN3O3S. The highest BCUT2D eigenvalue weighted by Gasteiger charge is 2.30. The fourth-order valence-corrected chi connectivity index (χ4v) is 3.72. The molecule has 1 amide bonds. The minimum absolute atomic E-state index is 0.0833. The molecule has 0 aliphatic carbocycles. The van der Waals surface area contributed by atoms with E-state index in [1.54, 1.807) is 32.6 Å². The standard InChI is InChI=1S/C19H18ClN3O3S/c1-25-15-7-6-13(9-16(15)26-2)11-21-23-19-22-18(24)17(27-19)10-12-4-3-5-14(20)8-12/h3-9,11,17H,10H2,1-2H3,(H,22,23,24)/b21-11-/t17-/m0/s1. The van der Waals surface area contributed by atoms with Gasteiger partial charge in [0.25, 0.3) is 0 Å². The number of hydrogen-bond donors (Lipinski definition) is 1. The zero-order valence-electron chi connectivity index (χ0n) is 14.8. The highest BCUT2D eigenvalue weighted by molar-refractivity contribution is 8.15. The molecule has 0 saturated carbocycles. The van der Waals surface area contributed by atoms with Gasteiger partial charge < -0.3 is 14.8 Å². The number of nitrogens with one attached hydrogen (secondary N) is 1. The number of amides is 1. The number of nitrogens with zero attached hydrogens (tertiary/aromatic N) is 2. The van der Waals surface area contributed by atoms with Crippen LogP contribution in [0.25, 0.3) is 0 Å². The number of rotatable bonds is 6. The molecule has 0 unspecified atom stereocenters. The minimum Gasteiger partial charge on any atom is -0.493 e. The molecule has 140 valence electrons. The first-order valence-corrected chi connectivity index (χ1v) is 9.40. The SMILES string of the molecule is COc1ccc(/C=N\N=C2/NC(=O)[C@H](Cc3cccc(Cl)c3)S2)cc1OC. The molecule has 6 nitrogen and oxygen atoms in total. The van der Waals surface area contributed by atoms with Crippen LogP contribution < -0.4 is 14.8 Å². The second-order valence-corrected chi connectivity index (χ2v) is 7.32. The Kier molecular flexibility index (Phi) is 6.36. The van der Waals surface area contributed by atoms with Crippen molar-refractivity contribution >= 4 is 40.7 Å². The lowest BCUT2D eigenvalue weighted by Crippen LogP contribution is -2.25. The Morgan fingerprint density at radius 1 is 1.19 bits per heavy atom. The van der Waals surface area contributed by atoms with E-state index in [9.17, 15) is 4.79 Å². The molecular weight excluding hydrogens is 386 g/mol. The van der Waals surface area contributed by atoms with Gasteiger partial charge in [-0.05, 0) is 47.9 Å². The van der Waals surface area contributed by atoms with Crippen LogP contribution in [-0.4, -0.2) is 36.8 Å². The molecule has 1 saturated heterocycles. The van der Waals surface area contributed by atoms with Crippen molar-refractivity contribution < 1.29 is 14.3 Å². The summed E-state index contributed by atoms with van der Waals surface area (Å²) in [5, 5.41) is 11.8. The van der Waals surface area contributed by atoms with Gasteiger partial charge in [0.05, 0.1) is 25.7 Å². The third-order valence-corrected chi connectivity index (χ3v) is 5.16. The maximum Gasteiger partial charge on any atom is 0.239 e. The smallest absolute Gasteiger partial charge is 0.239 e. The van der Waals surface area contributed by atoms with Crippen molar-refractivity contribution in [3.63, 3.8) is 0 Å². The van der Waals surface area contributed by atoms with E-state index in [0.29, 0.717) is 28.1 Å². The van der Waals surface area contributed by atoms with Crippen LogP contribution in [-0.2, 0) is 11.2 Å². The van der Waals surface area contributed by atoms with Crippen LogP contribution in [0.2, 0.25) is 5.02 Å². The molecule has 1 heterocycles. The molecule has 8 heteroatoms. The van der Waals surface area contributed by atoms with Gasteiger partial charge in [-0.3, -0.25) is 4.79 Å². The maximum absolute atomic E-state index is 12.1. The van der Waals surface area contributed by atoms with Crippen molar-refractivity contribution in [2.24, 2.45) is 10.2 Å². The fourth-order valence-electron chi connectivity index (χ4n) is 2.55. The van der Waals surface area contributed by atoms with Gasteiger partial charge in [0, 0.05) is 5.02 Å². The molecule has 1 N–H and O–H groups in total. The zero-order chi connectivity index (χ0) is 19.2. The van der Waals surface area contributed by atoms with Crippen molar-refractivity contribution in [3.8, 4) is 11.5 Å². The van der Waals surface area contributed by atoms with E-state index >= 15 is 0 Å². The third kappa shape index (κ3) is 5.02. The number of methoxy groups -OCH3 is 2.